The van der Waals surface area contributed by atoms with Gasteiger partial charge in [-0.25, -0.2) is 9.97 Å². The molecule has 0 spiro atoms. The number of benzene rings is 1. The summed E-state index contributed by atoms with van der Waals surface area (Å²) in [7, 11) is 0. The fourth-order valence-corrected chi connectivity index (χ4v) is 3.49. The van der Waals surface area contributed by atoms with E-state index in [0.717, 1.165) is 20.6 Å². The molecule has 0 saturated carbocycles. The van der Waals surface area contributed by atoms with Crippen LogP contribution in [0.5, 0.6) is 0 Å². The van der Waals surface area contributed by atoms with Gasteiger partial charge in [-0.3, -0.25) is 10.1 Å². The number of thiazole rings is 1. The molecule has 2 aromatic heterocycles. The molecule has 3 rings (SSSR count). The van der Waals surface area contributed by atoms with E-state index in [0.29, 0.717) is 5.13 Å². The quantitative estimate of drug-likeness (QED) is 0.518. The molecule has 0 fully saturated rings. The van der Waals surface area contributed by atoms with Gasteiger partial charge in [0.15, 0.2) is 5.13 Å². The Balaban J connectivity index is 1.86. The Labute approximate surface area is 161 Å². The first-order valence-corrected chi connectivity index (χ1v) is 9.17. The summed E-state index contributed by atoms with van der Waals surface area (Å²) in [5.74, 6) is -0.446. The predicted octanol–water partition coefficient (Wildman–Crippen LogP) is 5.84. The Hall–Kier alpha value is -1.47. The maximum absolute atomic E-state index is 12.3. The minimum absolute atomic E-state index is 0.0715. The van der Waals surface area contributed by atoms with Gasteiger partial charge in [0.1, 0.15) is 10.8 Å². The minimum atomic E-state index is -0.446. The zero-order chi connectivity index (χ0) is 17.3. The second-order valence-electron chi connectivity index (χ2n) is 4.85. The van der Waals surface area contributed by atoms with Crippen LogP contribution in [0.15, 0.2) is 40.9 Å². The highest BCUT2D eigenvalue weighted by Crippen LogP contribution is 2.31. The minimum Gasteiger partial charge on any atom is -0.296 e. The van der Waals surface area contributed by atoms with Gasteiger partial charge in [0.2, 0.25) is 0 Å². The first kappa shape index (κ1) is 17.4. The summed E-state index contributed by atoms with van der Waals surface area (Å²) >= 11 is 16.6. The summed E-state index contributed by atoms with van der Waals surface area (Å²) in [5.41, 5.74) is 1.88. The Morgan fingerprint density at radius 3 is 2.54 bits per heavy atom. The molecule has 3 aromatic rings. The summed E-state index contributed by atoms with van der Waals surface area (Å²) in [5, 5.41) is 3.64. The first-order valence-electron chi connectivity index (χ1n) is 6.81. The molecule has 0 aliphatic carbocycles. The van der Waals surface area contributed by atoms with Gasteiger partial charge in [-0.1, -0.05) is 51.3 Å². The monoisotopic (exact) mass is 441 g/mol. The number of anilines is 1. The van der Waals surface area contributed by atoms with Crippen LogP contribution in [0, 0.1) is 6.92 Å². The molecule has 0 aliphatic heterocycles. The molecule has 0 unspecified atom stereocenters. The molecule has 4 nitrogen and oxygen atoms in total. The fraction of sp³-hybridized carbons (Fsp3) is 0.0625. The number of hydrogen-bond donors (Lipinski definition) is 1. The van der Waals surface area contributed by atoms with Crippen molar-refractivity contribution < 1.29 is 4.79 Å². The Morgan fingerprint density at radius 1 is 1.12 bits per heavy atom. The number of aromatic nitrogens is 2. The number of rotatable bonds is 3. The molecule has 122 valence electrons. The Bertz CT molecular complexity index is 912. The van der Waals surface area contributed by atoms with E-state index in [1.807, 2.05) is 31.2 Å². The van der Waals surface area contributed by atoms with Crippen LogP contribution in [0.4, 0.5) is 5.13 Å². The standard InChI is InChI=1S/C16H10BrCl2N3OS/c1-8-13(9-2-4-10(17)5-3-9)21-16(24-8)22-15(23)14-11(18)6-7-12(19)20-14/h2-7H,1H3,(H,21,22,23). The average Bonchev–Trinajstić information content (AvgIpc) is 2.91. The van der Waals surface area contributed by atoms with Crippen molar-refractivity contribution in [2.75, 3.05) is 5.32 Å². The molecule has 0 atom stereocenters. The third-order valence-corrected chi connectivity index (χ3v) is 5.09. The molecule has 0 saturated heterocycles. The second-order valence-corrected chi connectivity index (χ2v) is 7.76. The van der Waals surface area contributed by atoms with Gasteiger partial charge in [0.05, 0.1) is 10.7 Å². The average molecular weight is 443 g/mol. The molecular weight excluding hydrogens is 433 g/mol. The van der Waals surface area contributed by atoms with Crippen molar-refractivity contribution in [3.8, 4) is 11.3 Å². The highest BCUT2D eigenvalue weighted by Gasteiger charge is 2.16. The van der Waals surface area contributed by atoms with Crippen LogP contribution in [0.2, 0.25) is 10.2 Å². The first-order chi connectivity index (χ1) is 11.4. The van der Waals surface area contributed by atoms with Crippen LogP contribution in [0.1, 0.15) is 15.4 Å². The van der Waals surface area contributed by atoms with Gasteiger partial charge in [-0.05, 0) is 31.2 Å². The lowest BCUT2D eigenvalue weighted by Crippen LogP contribution is -2.14. The zero-order valence-corrected chi connectivity index (χ0v) is 16.2. The van der Waals surface area contributed by atoms with E-state index in [4.69, 9.17) is 23.2 Å². The van der Waals surface area contributed by atoms with Crippen LogP contribution in [-0.4, -0.2) is 15.9 Å². The van der Waals surface area contributed by atoms with Gasteiger partial charge in [0, 0.05) is 14.9 Å². The predicted molar refractivity (Wildman–Crippen MR) is 102 cm³/mol. The molecule has 2 heterocycles. The topological polar surface area (TPSA) is 54.9 Å². The van der Waals surface area contributed by atoms with Crippen molar-refractivity contribution in [2.24, 2.45) is 0 Å². The molecule has 1 amide bonds. The van der Waals surface area contributed by atoms with Crippen molar-refractivity contribution in [1.29, 1.82) is 0 Å². The number of aryl methyl sites for hydroxylation is 1. The van der Waals surface area contributed by atoms with E-state index in [-0.39, 0.29) is 15.9 Å². The van der Waals surface area contributed by atoms with E-state index in [1.54, 1.807) is 0 Å². The maximum atomic E-state index is 12.3. The molecule has 24 heavy (non-hydrogen) atoms. The van der Waals surface area contributed by atoms with Crippen molar-refractivity contribution in [2.45, 2.75) is 6.92 Å². The van der Waals surface area contributed by atoms with Gasteiger partial charge >= 0.3 is 0 Å². The summed E-state index contributed by atoms with van der Waals surface area (Å²) in [6, 6.07) is 10.9. The number of carbonyl (C=O) groups is 1. The normalized spacial score (nSPS) is 10.7. The highest BCUT2D eigenvalue weighted by atomic mass is 79.9. The van der Waals surface area contributed by atoms with Crippen LogP contribution in [-0.2, 0) is 0 Å². The Kier molecular flexibility index (Phi) is 5.20. The number of amides is 1. The summed E-state index contributed by atoms with van der Waals surface area (Å²) in [6.07, 6.45) is 0. The van der Waals surface area contributed by atoms with Gasteiger partial charge in [-0.15, -0.1) is 11.3 Å². The smallest absolute Gasteiger partial charge is 0.277 e. The molecule has 1 N–H and O–H groups in total. The number of pyridine rings is 1. The molecule has 0 aliphatic rings. The van der Waals surface area contributed by atoms with Gasteiger partial charge in [0.25, 0.3) is 5.91 Å². The number of halogens is 3. The largest absolute Gasteiger partial charge is 0.296 e. The lowest BCUT2D eigenvalue weighted by Gasteiger charge is -2.03. The number of carbonyl (C=O) groups excluding carboxylic acids is 1. The molecular formula is C16H10BrCl2N3OS. The van der Waals surface area contributed by atoms with E-state index >= 15 is 0 Å². The second kappa shape index (κ2) is 7.19. The summed E-state index contributed by atoms with van der Waals surface area (Å²) in [6.45, 7) is 1.95. The van der Waals surface area contributed by atoms with Crippen molar-refractivity contribution in [3.05, 3.63) is 61.6 Å². The van der Waals surface area contributed by atoms with Crippen LogP contribution < -0.4 is 5.32 Å². The maximum Gasteiger partial charge on any atom is 0.277 e. The third kappa shape index (κ3) is 3.78. The molecule has 0 bridgehead atoms. The number of nitrogens with one attached hydrogen (secondary N) is 1. The van der Waals surface area contributed by atoms with E-state index in [1.165, 1.54) is 23.5 Å². The molecule has 1 aromatic carbocycles. The van der Waals surface area contributed by atoms with E-state index in [9.17, 15) is 4.79 Å². The van der Waals surface area contributed by atoms with E-state index < -0.39 is 5.91 Å². The van der Waals surface area contributed by atoms with Crippen molar-refractivity contribution in [1.82, 2.24) is 9.97 Å². The lowest BCUT2D eigenvalue weighted by atomic mass is 10.1. The number of nitrogens with zero attached hydrogens (tertiary/aromatic N) is 2. The highest BCUT2D eigenvalue weighted by molar-refractivity contribution is 9.10. The molecule has 0 radical (unpaired) electrons. The van der Waals surface area contributed by atoms with Crippen LogP contribution >= 0.6 is 50.5 Å². The van der Waals surface area contributed by atoms with E-state index in [2.05, 4.69) is 31.2 Å². The number of hydrogen-bond acceptors (Lipinski definition) is 4. The summed E-state index contributed by atoms with van der Waals surface area (Å²) < 4.78 is 0.995. The van der Waals surface area contributed by atoms with Gasteiger partial charge in [-0.2, -0.15) is 0 Å². The third-order valence-electron chi connectivity index (χ3n) is 3.16. The van der Waals surface area contributed by atoms with Crippen molar-refractivity contribution >= 4 is 61.5 Å². The summed E-state index contributed by atoms with van der Waals surface area (Å²) in [4.78, 5) is 21.8. The van der Waals surface area contributed by atoms with Gasteiger partial charge < -0.3 is 0 Å². The Morgan fingerprint density at radius 2 is 1.83 bits per heavy atom. The fourth-order valence-electron chi connectivity index (χ4n) is 2.06. The van der Waals surface area contributed by atoms with Crippen molar-refractivity contribution in [3.63, 3.8) is 0 Å². The van der Waals surface area contributed by atoms with Crippen LogP contribution in [0.3, 0.4) is 0 Å². The SMILES string of the molecule is Cc1sc(NC(=O)c2nc(Cl)ccc2Cl)nc1-c1ccc(Br)cc1. The zero-order valence-electron chi connectivity index (χ0n) is 12.3. The van der Waals surface area contributed by atoms with Crippen LogP contribution in [0.25, 0.3) is 11.3 Å². The lowest BCUT2D eigenvalue weighted by molar-refractivity contribution is 0.102. The molecule has 8 heteroatoms.